The van der Waals surface area contributed by atoms with Crippen LogP contribution in [-0.2, 0) is 28.5 Å². The van der Waals surface area contributed by atoms with Crippen LogP contribution in [0, 0.1) is 11.8 Å². The third kappa shape index (κ3) is 4.58. The molecule has 0 aromatic heterocycles. The summed E-state index contributed by atoms with van der Waals surface area (Å²) in [6.45, 7) is -0.741. The monoisotopic (exact) mass is 510 g/mol. The number of aliphatic hydroxyl groups excluding tert-OH is 5. The van der Waals surface area contributed by atoms with Gasteiger partial charge in [0, 0.05) is 24.3 Å². The van der Waals surface area contributed by atoms with E-state index in [2.05, 4.69) is 0 Å². The van der Waals surface area contributed by atoms with Gasteiger partial charge in [0.1, 0.15) is 42.7 Å². The van der Waals surface area contributed by atoms with Gasteiger partial charge in [0.15, 0.2) is 18.9 Å². The fourth-order valence-electron chi connectivity index (χ4n) is 5.42. The first-order chi connectivity index (χ1) is 17.2. The van der Waals surface area contributed by atoms with Crippen molar-refractivity contribution in [1.29, 1.82) is 0 Å². The number of carbonyl (C=O) groups is 1. The van der Waals surface area contributed by atoms with E-state index < -0.39 is 85.5 Å². The van der Waals surface area contributed by atoms with Crippen molar-refractivity contribution >= 4 is 12.0 Å². The molecule has 0 unspecified atom stereocenters. The lowest BCUT2D eigenvalue weighted by Crippen LogP contribution is -2.61. The highest BCUT2D eigenvalue weighted by Gasteiger charge is 2.67. The molecule has 1 aromatic rings. The Kier molecular flexibility index (Phi) is 7.18. The number of esters is 1. The van der Waals surface area contributed by atoms with E-state index in [0.717, 1.165) is 5.56 Å². The van der Waals surface area contributed by atoms with Gasteiger partial charge in [0.25, 0.3) is 0 Å². The molecule has 1 saturated carbocycles. The predicted molar refractivity (Wildman–Crippen MR) is 117 cm³/mol. The Bertz CT molecular complexity index is 958. The normalized spacial score (nSPS) is 46.1. The number of carbonyl (C=O) groups excluding carboxylic acids is 1. The third-order valence-electron chi connectivity index (χ3n) is 7.40. The second-order valence-electron chi connectivity index (χ2n) is 9.62. The first-order valence-electron chi connectivity index (χ1n) is 11.8. The molecule has 12 atom stereocenters. The molecule has 12 heteroatoms. The van der Waals surface area contributed by atoms with Crippen LogP contribution >= 0.6 is 0 Å². The Morgan fingerprint density at radius 3 is 2.50 bits per heavy atom. The zero-order valence-electron chi connectivity index (χ0n) is 19.1. The van der Waals surface area contributed by atoms with Crippen molar-refractivity contribution in [2.45, 2.75) is 67.5 Å². The zero-order chi connectivity index (χ0) is 25.6. The SMILES string of the molecule is O=C(/C=C/c1ccccc1)OC[C@H]1O[C@@H](O[C@@H]2O[C@@H]3C[C@H]4[C@H](O)[C@@H](O)[C@@](O)(CO3)[C@@H]24)[C@H](O)[C@@H](O)[C@@H]1O. The van der Waals surface area contributed by atoms with Gasteiger partial charge in [-0.1, -0.05) is 30.3 Å². The number of fused-ring (bicyclic) bond motifs is 2. The largest absolute Gasteiger partial charge is 0.460 e. The number of ether oxygens (including phenoxy) is 5. The van der Waals surface area contributed by atoms with Gasteiger partial charge in [-0.2, -0.15) is 0 Å². The summed E-state index contributed by atoms with van der Waals surface area (Å²) >= 11 is 0. The molecule has 6 N–H and O–H groups in total. The molecule has 0 amide bonds. The van der Waals surface area contributed by atoms with Gasteiger partial charge >= 0.3 is 5.97 Å². The molecule has 1 aliphatic carbocycles. The van der Waals surface area contributed by atoms with Crippen LogP contribution in [0.25, 0.3) is 6.08 Å². The smallest absolute Gasteiger partial charge is 0.330 e. The van der Waals surface area contributed by atoms with E-state index in [9.17, 15) is 35.4 Å². The molecular weight excluding hydrogens is 480 g/mol. The number of aliphatic hydroxyl groups is 6. The molecule has 36 heavy (non-hydrogen) atoms. The second kappa shape index (κ2) is 10.1. The summed E-state index contributed by atoms with van der Waals surface area (Å²) in [5, 5.41) is 63.1. The van der Waals surface area contributed by atoms with Gasteiger partial charge in [-0.3, -0.25) is 0 Å². The molecular formula is C24H30O12. The summed E-state index contributed by atoms with van der Waals surface area (Å²) in [4.78, 5) is 12.1. The van der Waals surface area contributed by atoms with Crippen molar-refractivity contribution in [1.82, 2.24) is 0 Å². The Balaban J connectivity index is 1.24. The van der Waals surface area contributed by atoms with Crippen molar-refractivity contribution in [3.05, 3.63) is 42.0 Å². The average Bonchev–Trinajstić information content (AvgIpc) is 3.00. The Morgan fingerprint density at radius 1 is 1.00 bits per heavy atom. The van der Waals surface area contributed by atoms with Crippen molar-refractivity contribution < 1.29 is 59.1 Å². The van der Waals surface area contributed by atoms with E-state index in [1.165, 1.54) is 6.08 Å². The molecule has 5 fully saturated rings. The molecule has 198 valence electrons. The molecule has 0 spiro atoms. The highest BCUT2D eigenvalue weighted by molar-refractivity contribution is 5.87. The summed E-state index contributed by atoms with van der Waals surface area (Å²) in [6.07, 6.45) is -9.68. The molecule has 4 saturated heterocycles. The molecule has 0 radical (unpaired) electrons. The number of hydrogen-bond acceptors (Lipinski definition) is 12. The van der Waals surface area contributed by atoms with Crippen LogP contribution in [0.15, 0.2) is 36.4 Å². The number of benzene rings is 1. The van der Waals surface area contributed by atoms with Crippen LogP contribution in [0.3, 0.4) is 0 Å². The van der Waals surface area contributed by atoms with Crippen LogP contribution in [0.1, 0.15) is 12.0 Å². The second-order valence-corrected chi connectivity index (χ2v) is 9.62. The lowest BCUT2D eigenvalue weighted by Gasteiger charge is -2.44. The van der Waals surface area contributed by atoms with Gasteiger partial charge in [-0.25, -0.2) is 4.79 Å². The molecule has 6 rings (SSSR count). The number of hydrogen-bond donors (Lipinski definition) is 6. The Morgan fingerprint density at radius 2 is 1.75 bits per heavy atom. The van der Waals surface area contributed by atoms with Crippen LogP contribution in [0.5, 0.6) is 0 Å². The summed E-state index contributed by atoms with van der Waals surface area (Å²) in [5.41, 5.74) is -1.08. The van der Waals surface area contributed by atoms with Crippen molar-refractivity contribution in [3.63, 3.8) is 0 Å². The molecule has 4 heterocycles. The van der Waals surface area contributed by atoms with Crippen molar-refractivity contribution in [3.8, 4) is 0 Å². The first-order valence-corrected chi connectivity index (χ1v) is 11.8. The maximum atomic E-state index is 12.1. The summed E-state index contributed by atoms with van der Waals surface area (Å²) in [5.74, 6) is -2.24. The maximum absolute atomic E-state index is 12.1. The van der Waals surface area contributed by atoms with E-state index in [0.29, 0.717) is 0 Å². The maximum Gasteiger partial charge on any atom is 0.330 e. The van der Waals surface area contributed by atoms with E-state index in [1.54, 1.807) is 18.2 Å². The van der Waals surface area contributed by atoms with E-state index in [-0.39, 0.29) is 13.0 Å². The topological polar surface area (TPSA) is 185 Å². The summed E-state index contributed by atoms with van der Waals surface area (Å²) in [6, 6.07) is 9.05. The van der Waals surface area contributed by atoms with Gasteiger partial charge in [0.2, 0.25) is 0 Å². The minimum atomic E-state index is -1.86. The molecule has 5 aliphatic rings. The quantitative estimate of drug-likeness (QED) is 0.181. The standard InChI is InChI=1S/C24H30O12/c25-14(7-6-11-4-2-1-3-5-11)32-9-13-18(27)19(28)20(29)23(34-13)36-22-16-12-8-15(35-22)33-10-24(16,31)21(30)17(12)26/h1-7,12-13,15-23,26-31H,8-10H2/b7-6+/t12-,13-,15-,16-,17+,18-,19+,20-,21-,22+,23+,24-/m1/s1. The highest BCUT2D eigenvalue weighted by Crippen LogP contribution is 2.52. The molecule has 4 aliphatic heterocycles. The van der Waals surface area contributed by atoms with Crippen molar-refractivity contribution in [2.75, 3.05) is 13.2 Å². The Labute approximate surface area is 206 Å². The molecule has 12 nitrogen and oxygen atoms in total. The van der Waals surface area contributed by atoms with E-state index >= 15 is 0 Å². The highest BCUT2D eigenvalue weighted by atomic mass is 16.8. The van der Waals surface area contributed by atoms with Crippen LogP contribution in [0.2, 0.25) is 0 Å². The van der Waals surface area contributed by atoms with Gasteiger partial charge in [-0.15, -0.1) is 0 Å². The predicted octanol–water partition coefficient (Wildman–Crippen LogP) is -2.13. The van der Waals surface area contributed by atoms with E-state index in [1.807, 2.05) is 18.2 Å². The fourth-order valence-corrected chi connectivity index (χ4v) is 5.42. The summed E-state index contributed by atoms with van der Waals surface area (Å²) < 4.78 is 27.7. The van der Waals surface area contributed by atoms with E-state index in [4.69, 9.17) is 23.7 Å². The minimum Gasteiger partial charge on any atom is -0.460 e. The fraction of sp³-hybridized carbons (Fsp3) is 0.625. The average molecular weight is 510 g/mol. The zero-order valence-corrected chi connectivity index (χ0v) is 19.1. The lowest BCUT2D eigenvalue weighted by atomic mass is 9.82. The minimum absolute atomic E-state index is 0.218. The number of rotatable bonds is 6. The van der Waals surface area contributed by atoms with Crippen molar-refractivity contribution in [2.24, 2.45) is 11.8 Å². The third-order valence-corrected chi connectivity index (χ3v) is 7.40. The Hall–Kier alpha value is -1.97. The first kappa shape index (κ1) is 25.7. The van der Waals surface area contributed by atoms with Crippen LogP contribution < -0.4 is 0 Å². The van der Waals surface area contributed by atoms with Crippen LogP contribution in [0.4, 0.5) is 0 Å². The van der Waals surface area contributed by atoms with Crippen LogP contribution in [-0.4, -0.2) is 111 Å². The van der Waals surface area contributed by atoms with Gasteiger partial charge in [-0.05, 0) is 11.6 Å². The lowest BCUT2D eigenvalue weighted by molar-refractivity contribution is -0.371. The van der Waals surface area contributed by atoms with Gasteiger partial charge < -0.3 is 54.3 Å². The molecule has 1 aromatic carbocycles. The molecule has 4 bridgehead atoms. The van der Waals surface area contributed by atoms with Gasteiger partial charge in [0.05, 0.1) is 12.7 Å². The summed E-state index contributed by atoms with van der Waals surface area (Å²) in [7, 11) is 0.